The van der Waals surface area contributed by atoms with Gasteiger partial charge in [-0.3, -0.25) is 0 Å². The minimum absolute atomic E-state index is 0.492. The number of hydrogen-bond donors (Lipinski definition) is 2. The molecule has 0 saturated heterocycles. The Kier molecular flexibility index (Phi) is 4.25. The van der Waals surface area contributed by atoms with Gasteiger partial charge in [0.25, 0.3) is 0 Å². The van der Waals surface area contributed by atoms with Crippen LogP contribution in [0, 0.1) is 0 Å². The van der Waals surface area contributed by atoms with Crippen LogP contribution in [0.15, 0.2) is 24.3 Å². The Morgan fingerprint density at radius 3 is 2.25 bits per heavy atom. The first-order valence-corrected chi connectivity index (χ1v) is 8.03. The van der Waals surface area contributed by atoms with Crippen molar-refractivity contribution in [3.63, 3.8) is 0 Å². The molecule has 0 heterocycles. The first-order chi connectivity index (χ1) is 7.16. The minimum atomic E-state index is -3.44. The van der Waals surface area contributed by atoms with E-state index in [9.17, 15) is 13.5 Å². The van der Waals surface area contributed by atoms with E-state index >= 15 is 0 Å². The van der Waals surface area contributed by atoms with Crippen molar-refractivity contribution >= 4 is 54.0 Å². The van der Waals surface area contributed by atoms with Crippen molar-refractivity contribution in [1.29, 1.82) is 0 Å². The van der Waals surface area contributed by atoms with Crippen molar-refractivity contribution in [3.05, 3.63) is 29.8 Å². The predicted molar refractivity (Wildman–Crippen MR) is 76.3 cm³/mol. The number of rotatable bonds is 3. The number of aliphatic hydroxyl groups excluding tert-OH is 1. The van der Waals surface area contributed by atoms with E-state index in [1.54, 1.807) is 46.9 Å². The fourth-order valence-corrected chi connectivity index (χ4v) is 2.24. The summed E-state index contributed by atoms with van der Waals surface area (Å²) in [4.78, 5) is 0. The van der Waals surface area contributed by atoms with Gasteiger partial charge in [-0.15, -0.1) is 0 Å². The number of anilines is 1. The molecule has 0 fully saturated rings. The minimum Gasteiger partial charge on any atom is -0.399 e. The highest BCUT2D eigenvalue weighted by molar-refractivity contribution is 14.1. The SMILES string of the molecule is CS(=O)(=O)[C@@](Br)(I)[C@@H](O)c1ccc(N)cc1. The number of alkyl halides is 2. The lowest BCUT2D eigenvalue weighted by molar-refractivity contribution is 0.191. The van der Waals surface area contributed by atoms with Gasteiger partial charge in [0, 0.05) is 11.9 Å². The smallest absolute Gasteiger partial charge is 0.206 e. The number of benzene rings is 1. The Bertz CT molecular complexity index is 472. The summed E-state index contributed by atoms with van der Waals surface area (Å²) >= 11 is 4.71. The molecule has 0 aliphatic carbocycles. The van der Waals surface area contributed by atoms with Gasteiger partial charge in [0.15, 0.2) is 9.84 Å². The van der Waals surface area contributed by atoms with Gasteiger partial charge >= 0.3 is 0 Å². The summed E-state index contributed by atoms with van der Waals surface area (Å²) in [5, 5.41) is 10.0. The highest BCUT2D eigenvalue weighted by Crippen LogP contribution is 2.44. The first kappa shape index (κ1) is 14.2. The zero-order valence-corrected chi connectivity index (χ0v) is 13.0. The molecule has 4 nitrogen and oxygen atoms in total. The van der Waals surface area contributed by atoms with E-state index in [1.807, 2.05) is 0 Å². The average molecular weight is 420 g/mol. The summed E-state index contributed by atoms with van der Waals surface area (Å²) in [6.45, 7) is 0. The second-order valence-electron chi connectivity index (χ2n) is 3.40. The normalized spacial score (nSPS) is 17.8. The molecule has 3 N–H and O–H groups in total. The van der Waals surface area contributed by atoms with Crippen LogP contribution in [0.25, 0.3) is 0 Å². The van der Waals surface area contributed by atoms with Crippen LogP contribution < -0.4 is 5.73 Å². The highest BCUT2D eigenvalue weighted by atomic mass is 127. The van der Waals surface area contributed by atoms with Crippen LogP contribution in [0.1, 0.15) is 11.7 Å². The molecule has 7 heteroatoms. The van der Waals surface area contributed by atoms with Gasteiger partial charge < -0.3 is 10.8 Å². The molecule has 1 aromatic carbocycles. The van der Waals surface area contributed by atoms with E-state index in [2.05, 4.69) is 15.9 Å². The summed E-state index contributed by atoms with van der Waals surface area (Å²) in [6.07, 6.45) is -0.0990. The third-order valence-corrected chi connectivity index (χ3v) is 8.46. The van der Waals surface area contributed by atoms with Crippen LogP contribution in [0.2, 0.25) is 0 Å². The highest BCUT2D eigenvalue weighted by Gasteiger charge is 2.43. The van der Waals surface area contributed by atoms with E-state index in [4.69, 9.17) is 5.73 Å². The lowest BCUT2D eigenvalue weighted by Crippen LogP contribution is -2.31. The molecule has 0 spiro atoms. The summed E-state index contributed by atoms with van der Waals surface area (Å²) in [6, 6.07) is 6.42. The molecule has 2 atom stereocenters. The molecule has 0 aromatic heterocycles. The fraction of sp³-hybridized carbons (Fsp3) is 0.333. The molecule has 0 radical (unpaired) electrons. The van der Waals surface area contributed by atoms with Gasteiger partial charge in [-0.25, -0.2) is 8.42 Å². The molecule has 0 aliphatic rings. The van der Waals surface area contributed by atoms with Gasteiger partial charge in [-0.1, -0.05) is 28.1 Å². The second-order valence-corrected chi connectivity index (χ2v) is 11.3. The predicted octanol–water partition coefficient (Wildman–Crippen LogP) is 1.83. The van der Waals surface area contributed by atoms with Crippen molar-refractivity contribution in [3.8, 4) is 0 Å². The Hall–Kier alpha value is 0.140. The largest absolute Gasteiger partial charge is 0.399 e. The number of nitrogens with two attached hydrogens (primary N) is 1. The van der Waals surface area contributed by atoms with Gasteiger partial charge in [0.05, 0.1) is 0 Å². The number of aliphatic hydroxyl groups is 1. The molecule has 1 aromatic rings. The van der Waals surface area contributed by atoms with Gasteiger partial charge in [-0.05, 0) is 40.3 Å². The lowest BCUT2D eigenvalue weighted by atomic mass is 10.1. The average Bonchev–Trinajstić information content (AvgIpc) is 2.16. The zero-order chi connectivity index (χ0) is 12.6. The molecule has 0 amide bonds. The first-order valence-electron chi connectivity index (χ1n) is 4.27. The van der Waals surface area contributed by atoms with Crippen LogP contribution in [0.4, 0.5) is 5.69 Å². The van der Waals surface area contributed by atoms with E-state index in [0.717, 1.165) is 6.26 Å². The maximum Gasteiger partial charge on any atom is 0.206 e. The monoisotopic (exact) mass is 419 g/mol. The van der Waals surface area contributed by atoms with E-state index < -0.39 is 17.6 Å². The number of hydrogen-bond acceptors (Lipinski definition) is 4. The quantitative estimate of drug-likeness (QED) is 0.445. The third kappa shape index (κ3) is 2.88. The summed E-state index contributed by atoms with van der Waals surface area (Å²) in [5.41, 5.74) is 6.56. The molecule has 90 valence electrons. The van der Waals surface area contributed by atoms with E-state index in [0.29, 0.717) is 11.3 Å². The van der Waals surface area contributed by atoms with Gasteiger partial charge in [-0.2, -0.15) is 0 Å². The Morgan fingerprint density at radius 2 is 1.88 bits per heavy atom. The number of halogens is 2. The molecular weight excluding hydrogens is 409 g/mol. The lowest BCUT2D eigenvalue weighted by Gasteiger charge is -2.25. The third-order valence-electron chi connectivity index (χ3n) is 2.06. The molecular formula is C9H11BrINO3S. The number of sulfone groups is 1. The molecule has 16 heavy (non-hydrogen) atoms. The van der Waals surface area contributed by atoms with Crippen molar-refractivity contribution in [2.24, 2.45) is 0 Å². The van der Waals surface area contributed by atoms with Crippen molar-refractivity contribution in [2.75, 3.05) is 12.0 Å². The second kappa shape index (κ2) is 4.79. The van der Waals surface area contributed by atoms with E-state index in [-0.39, 0.29) is 0 Å². The molecule has 0 unspecified atom stereocenters. The Labute approximate surface area is 116 Å². The maximum absolute atomic E-state index is 11.5. The fourth-order valence-electron chi connectivity index (χ4n) is 1.08. The summed E-state index contributed by atoms with van der Waals surface area (Å²) in [5.74, 6) is 0. The topological polar surface area (TPSA) is 80.4 Å². The molecule has 0 bridgehead atoms. The van der Waals surface area contributed by atoms with Gasteiger partial charge in [0.1, 0.15) is 6.10 Å². The van der Waals surface area contributed by atoms with E-state index in [1.165, 1.54) is 0 Å². The van der Waals surface area contributed by atoms with Crippen molar-refractivity contribution < 1.29 is 13.5 Å². The van der Waals surface area contributed by atoms with Crippen molar-refractivity contribution in [1.82, 2.24) is 0 Å². The van der Waals surface area contributed by atoms with Crippen LogP contribution in [0.3, 0.4) is 0 Å². The summed E-state index contributed by atoms with van der Waals surface area (Å²) in [7, 11) is -3.44. The van der Waals surface area contributed by atoms with Crippen LogP contribution in [-0.2, 0) is 9.84 Å². The molecule has 0 aliphatic heterocycles. The molecule has 0 saturated carbocycles. The number of nitrogen functional groups attached to an aromatic ring is 1. The summed E-state index contributed by atoms with van der Waals surface area (Å²) < 4.78 is 21.6. The Morgan fingerprint density at radius 1 is 1.44 bits per heavy atom. The molecule has 1 rings (SSSR count). The van der Waals surface area contributed by atoms with Gasteiger partial charge in [0.2, 0.25) is 1.66 Å². The standard InChI is InChI=1S/C9H11BrINO3S/c1-16(14,15)9(10,11)8(13)6-2-4-7(12)5-3-6/h2-5,8,13H,12H2,1H3/t8-,9-/m0/s1. The zero-order valence-electron chi connectivity index (χ0n) is 8.39. The van der Waals surface area contributed by atoms with Crippen molar-refractivity contribution in [2.45, 2.75) is 7.77 Å². The van der Waals surface area contributed by atoms with Crippen LogP contribution in [0.5, 0.6) is 0 Å². The maximum atomic E-state index is 11.5. The Balaban J connectivity index is 3.12. The van der Waals surface area contributed by atoms with Crippen LogP contribution >= 0.6 is 38.5 Å². The van der Waals surface area contributed by atoms with Crippen LogP contribution in [-0.4, -0.2) is 21.4 Å².